The van der Waals surface area contributed by atoms with E-state index in [4.69, 9.17) is 10.8 Å². The largest absolute Gasteiger partial charge is 0.480 e. The summed E-state index contributed by atoms with van der Waals surface area (Å²) in [6.45, 7) is 2.49. The van der Waals surface area contributed by atoms with Crippen LogP contribution in [-0.2, 0) is 9.59 Å². The topological polar surface area (TPSA) is 83.6 Å². The number of halogens is 1. The lowest BCUT2D eigenvalue weighted by molar-refractivity contribution is -0.143. The second-order valence-electron chi connectivity index (χ2n) is 5.68. The van der Waals surface area contributed by atoms with Crippen molar-refractivity contribution in [2.45, 2.75) is 31.2 Å². The van der Waals surface area contributed by atoms with Crippen molar-refractivity contribution in [1.82, 2.24) is 4.90 Å². The molecule has 2 rings (SSSR count). The third-order valence-electron chi connectivity index (χ3n) is 4.00. The molecule has 0 bridgehead atoms. The molecule has 21 heavy (non-hydrogen) atoms. The van der Waals surface area contributed by atoms with Crippen molar-refractivity contribution >= 4 is 27.8 Å². The molecule has 0 spiro atoms. The number of likely N-dealkylation sites (tertiary alicyclic amines) is 1. The van der Waals surface area contributed by atoms with Gasteiger partial charge in [0.25, 0.3) is 0 Å². The minimum Gasteiger partial charge on any atom is -0.480 e. The molecule has 5 nitrogen and oxygen atoms in total. The van der Waals surface area contributed by atoms with E-state index in [9.17, 15) is 9.59 Å². The van der Waals surface area contributed by atoms with Gasteiger partial charge in [-0.2, -0.15) is 0 Å². The normalized spacial score (nSPS) is 23.1. The molecule has 0 aliphatic carbocycles. The summed E-state index contributed by atoms with van der Waals surface area (Å²) in [6, 6.07) is 7.86. The molecule has 0 aromatic heterocycles. The van der Waals surface area contributed by atoms with E-state index in [1.54, 1.807) is 4.90 Å². The Morgan fingerprint density at radius 3 is 2.57 bits per heavy atom. The van der Waals surface area contributed by atoms with Crippen molar-refractivity contribution in [1.29, 1.82) is 0 Å². The second-order valence-corrected chi connectivity index (χ2v) is 6.60. The maximum atomic E-state index is 12.3. The average Bonchev–Trinajstić information content (AvgIpc) is 2.83. The van der Waals surface area contributed by atoms with Gasteiger partial charge in [-0.25, -0.2) is 0 Å². The van der Waals surface area contributed by atoms with Crippen LogP contribution in [0.5, 0.6) is 0 Å². The van der Waals surface area contributed by atoms with Gasteiger partial charge < -0.3 is 15.7 Å². The predicted molar refractivity (Wildman–Crippen MR) is 82.9 cm³/mol. The summed E-state index contributed by atoms with van der Waals surface area (Å²) >= 11 is 3.38. The lowest BCUT2D eigenvalue weighted by atomic mass is 9.97. The number of nitrogens with two attached hydrogens (primary N) is 1. The highest BCUT2D eigenvalue weighted by Crippen LogP contribution is 2.25. The molecular formula is C15H19BrN2O3. The van der Waals surface area contributed by atoms with Gasteiger partial charge in [0, 0.05) is 24.0 Å². The summed E-state index contributed by atoms with van der Waals surface area (Å²) in [5.41, 5.74) is 5.58. The highest BCUT2D eigenvalue weighted by atomic mass is 79.9. The van der Waals surface area contributed by atoms with Crippen LogP contribution < -0.4 is 5.73 Å². The van der Waals surface area contributed by atoms with Gasteiger partial charge in [-0.05, 0) is 30.0 Å². The first-order valence-electron chi connectivity index (χ1n) is 6.87. The molecule has 2 atom stereocenters. The van der Waals surface area contributed by atoms with Gasteiger partial charge in [0.15, 0.2) is 0 Å². The molecule has 0 radical (unpaired) electrons. The van der Waals surface area contributed by atoms with E-state index in [1.807, 2.05) is 31.2 Å². The molecule has 114 valence electrons. The van der Waals surface area contributed by atoms with Crippen molar-refractivity contribution in [2.75, 3.05) is 13.1 Å². The van der Waals surface area contributed by atoms with Gasteiger partial charge in [-0.3, -0.25) is 9.59 Å². The molecule has 1 aromatic carbocycles. The van der Waals surface area contributed by atoms with E-state index >= 15 is 0 Å². The van der Waals surface area contributed by atoms with Crippen molar-refractivity contribution in [3.05, 3.63) is 34.3 Å². The summed E-state index contributed by atoms with van der Waals surface area (Å²) < 4.78 is 0.999. The van der Waals surface area contributed by atoms with Crippen LogP contribution in [0, 0.1) is 0 Å². The van der Waals surface area contributed by atoms with Crippen LogP contribution >= 0.6 is 15.9 Å². The Kier molecular flexibility index (Phi) is 4.68. The lowest BCUT2D eigenvalue weighted by Crippen LogP contribution is -2.50. The summed E-state index contributed by atoms with van der Waals surface area (Å²) in [6.07, 6.45) is 0.665. The highest BCUT2D eigenvalue weighted by molar-refractivity contribution is 9.10. The van der Waals surface area contributed by atoms with Gasteiger partial charge in [0.2, 0.25) is 5.91 Å². The molecule has 1 amide bonds. The zero-order chi connectivity index (χ0) is 15.6. The Morgan fingerprint density at radius 1 is 1.43 bits per heavy atom. The standard InChI is InChI=1S/C15H19BrN2O3/c1-10(11-2-4-12(16)5-3-11)8-13(19)18-7-6-15(17,9-18)14(20)21/h2-5,10H,6-9,17H2,1H3,(H,20,21). The van der Waals surface area contributed by atoms with Crippen molar-refractivity contribution in [3.63, 3.8) is 0 Å². The number of aliphatic carboxylic acids is 1. The number of rotatable bonds is 4. The van der Waals surface area contributed by atoms with Gasteiger partial charge >= 0.3 is 5.97 Å². The number of carboxylic acid groups (broad SMARTS) is 1. The maximum Gasteiger partial charge on any atom is 0.325 e. The van der Waals surface area contributed by atoms with Crippen molar-refractivity contribution in [2.24, 2.45) is 5.73 Å². The zero-order valence-corrected chi connectivity index (χ0v) is 13.5. The van der Waals surface area contributed by atoms with Crippen LogP contribution in [0.15, 0.2) is 28.7 Å². The van der Waals surface area contributed by atoms with Gasteiger partial charge in [-0.1, -0.05) is 35.0 Å². The van der Waals surface area contributed by atoms with E-state index in [0.717, 1.165) is 10.0 Å². The molecule has 0 saturated carbocycles. The van der Waals surface area contributed by atoms with Crippen molar-refractivity contribution < 1.29 is 14.7 Å². The smallest absolute Gasteiger partial charge is 0.325 e. The second kappa shape index (κ2) is 6.15. The first kappa shape index (κ1) is 16.0. The SMILES string of the molecule is CC(CC(=O)N1CCC(N)(C(=O)O)C1)c1ccc(Br)cc1. The summed E-state index contributed by atoms with van der Waals surface area (Å²) in [4.78, 5) is 24.9. The van der Waals surface area contributed by atoms with Crippen LogP contribution in [0.1, 0.15) is 31.2 Å². The fraction of sp³-hybridized carbons (Fsp3) is 0.467. The molecule has 1 fully saturated rings. The third kappa shape index (κ3) is 3.63. The monoisotopic (exact) mass is 354 g/mol. The molecule has 1 aromatic rings. The number of amides is 1. The summed E-state index contributed by atoms with van der Waals surface area (Å²) in [5, 5.41) is 9.09. The lowest BCUT2D eigenvalue weighted by Gasteiger charge is -2.21. The van der Waals surface area contributed by atoms with Gasteiger partial charge in [0.05, 0.1) is 0 Å². The number of carboxylic acids is 1. The molecular weight excluding hydrogens is 336 g/mol. The quantitative estimate of drug-likeness (QED) is 0.865. The number of hydrogen-bond donors (Lipinski definition) is 2. The Bertz CT molecular complexity index is 546. The predicted octanol–water partition coefficient (Wildman–Crippen LogP) is 1.96. The number of hydrogen-bond acceptors (Lipinski definition) is 3. The van der Waals surface area contributed by atoms with E-state index in [-0.39, 0.29) is 18.4 Å². The molecule has 1 aliphatic heterocycles. The number of benzene rings is 1. The zero-order valence-electron chi connectivity index (χ0n) is 11.9. The first-order chi connectivity index (χ1) is 9.82. The molecule has 2 unspecified atom stereocenters. The van der Waals surface area contributed by atoms with E-state index in [0.29, 0.717) is 19.4 Å². The molecule has 1 saturated heterocycles. The Morgan fingerprint density at radius 2 is 2.05 bits per heavy atom. The Labute approximate surface area is 132 Å². The van der Waals surface area contributed by atoms with E-state index in [2.05, 4.69) is 15.9 Å². The molecule has 6 heteroatoms. The van der Waals surface area contributed by atoms with Crippen LogP contribution in [-0.4, -0.2) is 40.5 Å². The summed E-state index contributed by atoms with van der Waals surface area (Å²) in [7, 11) is 0. The minimum atomic E-state index is -1.30. The van der Waals surface area contributed by atoms with Gasteiger partial charge in [0.1, 0.15) is 5.54 Å². The maximum absolute atomic E-state index is 12.3. The highest BCUT2D eigenvalue weighted by Gasteiger charge is 2.42. The van der Waals surface area contributed by atoms with Crippen LogP contribution in [0.25, 0.3) is 0 Å². The average molecular weight is 355 g/mol. The Hall–Kier alpha value is -1.40. The van der Waals surface area contributed by atoms with Crippen LogP contribution in [0.2, 0.25) is 0 Å². The minimum absolute atomic E-state index is 0.0426. The van der Waals surface area contributed by atoms with E-state index in [1.165, 1.54) is 0 Å². The molecule has 1 aliphatic rings. The number of carbonyl (C=O) groups excluding carboxylic acids is 1. The number of carbonyl (C=O) groups is 2. The van der Waals surface area contributed by atoms with Gasteiger partial charge in [-0.15, -0.1) is 0 Å². The van der Waals surface area contributed by atoms with E-state index < -0.39 is 11.5 Å². The molecule has 1 heterocycles. The Balaban J connectivity index is 1.96. The van der Waals surface area contributed by atoms with Crippen LogP contribution in [0.4, 0.5) is 0 Å². The third-order valence-corrected chi connectivity index (χ3v) is 4.53. The number of nitrogens with zero attached hydrogens (tertiary/aromatic N) is 1. The fourth-order valence-electron chi connectivity index (χ4n) is 2.52. The first-order valence-corrected chi connectivity index (χ1v) is 7.66. The van der Waals surface area contributed by atoms with Crippen LogP contribution in [0.3, 0.4) is 0 Å². The summed E-state index contributed by atoms with van der Waals surface area (Å²) in [5.74, 6) is -0.999. The fourth-order valence-corrected chi connectivity index (χ4v) is 2.79. The van der Waals surface area contributed by atoms with Crippen molar-refractivity contribution in [3.8, 4) is 0 Å². The molecule has 3 N–H and O–H groups in total.